The molecule has 0 saturated carbocycles. The highest BCUT2D eigenvalue weighted by Crippen LogP contribution is 2.04. The molecule has 0 N–H and O–H groups in total. The van der Waals surface area contributed by atoms with E-state index in [1.807, 2.05) is 18.2 Å². The summed E-state index contributed by atoms with van der Waals surface area (Å²) in [4.78, 5) is 8.23. The Morgan fingerprint density at radius 2 is 2.21 bits per heavy atom. The Morgan fingerprint density at radius 1 is 1.36 bits per heavy atom. The van der Waals surface area contributed by atoms with Crippen molar-refractivity contribution in [3.05, 3.63) is 35.1 Å². The lowest BCUT2D eigenvalue weighted by atomic mass is 10.1. The van der Waals surface area contributed by atoms with Crippen molar-refractivity contribution in [3.8, 4) is 0 Å². The molecule has 0 aromatic carbocycles. The molecule has 14 heavy (non-hydrogen) atoms. The quantitative estimate of drug-likeness (QED) is 0.519. The molecule has 0 aliphatic carbocycles. The normalized spacial score (nSPS) is 22.1. The first-order valence-corrected chi connectivity index (χ1v) is 4.61. The summed E-state index contributed by atoms with van der Waals surface area (Å²) in [6, 6.07) is 0. The van der Waals surface area contributed by atoms with Gasteiger partial charge in [0.1, 0.15) is 0 Å². The second kappa shape index (κ2) is 5.93. The SMILES string of the molecule is C/C1=C(\C)CN=C=CCN=CC=C=C1. The van der Waals surface area contributed by atoms with Crippen molar-refractivity contribution in [1.29, 1.82) is 0 Å². The summed E-state index contributed by atoms with van der Waals surface area (Å²) in [7, 11) is 0. The molecule has 0 aromatic rings. The molecule has 2 heteroatoms. The Labute approximate surface area is 84.8 Å². The zero-order chi connectivity index (χ0) is 10.2. The third-order valence-corrected chi connectivity index (χ3v) is 1.94. The van der Waals surface area contributed by atoms with Crippen LogP contribution in [0.25, 0.3) is 0 Å². The number of hydrogen-bond donors (Lipinski definition) is 0. The maximum atomic E-state index is 4.14. The zero-order valence-electron chi connectivity index (χ0n) is 8.62. The van der Waals surface area contributed by atoms with E-state index >= 15 is 0 Å². The minimum absolute atomic E-state index is 0.628. The van der Waals surface area contributed by atoms with Crippen LogP contribution in [0.5, 0.6) is 0 Å². The molecule has 0 amide bonds. The van der Waals surface area contributed by atoms with E-state index in [9.17, 15) is 0 Å². The van der Waals surface area contributed by atoms with Crippen LogP contribution in [0.15, 0.2) is 45.1 Å². The van der Waals surface area contributed by atoms with Gasteiger partial charge in [0, 0.05) is 6.21 Å². The largest absolute Gasteiger partial charge is 0.288 e. The summed E-state index contributed by atoms with van der Waals surface area (Å²) < 4.78 is 0. The maximum Gasteiger partial charge on any atom is 0.0697 e. The highest BCUT2D eigenvalue weighted by molar-refractivity contribution is 5.71. The molecule has 0 unspecified atom stereocenters. The molecule has 0 fully saturated rings. The van der Waals surface area contributed by atoms with Crippen LogP contribution < -0.4 is 0 Å². The predicted octanol–water partition coefficient (Wildman–Crippen LogP) is 2.34. The van der Waals surface area contributed by atoms with Gasteiger partial charge in [-0.05, 0) is 49.1 Å². The lowest BCUT2D eigenvalue weighted by Gasteiger charge is -1.97. The minimum atomic E-state index is 0.628. The molecule has 0 bridgehead atoms. The molecule has 1 rings (SSSR count). The molecule has 1 aliphatic rings. The summed E-state index contributed by atoms with van der Waals surface area (Å²) in [6.45, 7) is 5.45. The number of hydrogen-bond acceptors (Lipinski definition) is 2. The molecule has 0 aromatic heterocycles. The van der Waals surface area contributed by atoms with E-state index in [2.05, 4.69) is 35.4 Å². The number of aliphatic imine (C=N–C) groups is 2. The predicted molar refractivity (Wildman–Crippen MR) is 61.3 cm³/mol. The van der Waals surface area contributed by atoms with Gasteiger partial charge in [-0.25, -0.2) is 4.99 Å². The summed E-state index contributed by atoms with van der Waals surface area (Å²) in [5, 5.41) is 0. The van der Waals surface area contributed by atoms with Crippen molar-refractivity contribution in [1.82, 2.24) is 0 Å². The van der Waals surface area contributed by atoms with Crippen LogP contribution in [0.2, 0.25) is 0 Å². The molecule has 0 radical (unpaired) electrons. The van der Waals surface area contributed by atoms with E-state index in [0.717, 1.165) is 0 Å². The van der Waals surface area contributed by atoms with E-state index in [0.29, 0.717) is 13.1 Å². The molecule has 1 aliphatic heterocycles. The number of nitrogens with zero attached hydrogens (tertiary/aromatic N) is 2. The van der Waals surface area contributed by atoms with Crippen molar-refractivity contribution in [2.24, 2.45) is 9.98 Å². The van der Waals surface area contributed by atoms with Crippen molar-refractivity contribution >= 4 is 12.1 Å². The Bertz CT molecular complexity index is 371. The fourth-order valence-corrected chi connectivity index (χ4v) is 0.900. The van der Waals surface area contributed by atoms with Crippen molar-refractivity contribution < 1.29 is 0 Å². The van der Waals surface area contributed by atoms with Gasteiger partial charge in [0.15, 0.2) is 0 Å². The molecule has 2 nitrogen and oxygen atoms in total. The molecule has 0 spiro atoms. The van der Waals surface area contributed by atoms with Crippen molar-refractivity contribution in [2.45, 2.75) is 13.8 Å². The van der Waals surface area contributed by atoms with Gasteiger partial charge in [-0.3, -0.25) is 4.99 Å². The summed E-state index contributed by atoms with van der Waals surface area (Å²) >= 11 is 0. The van der Waals surface area contributed by atoms with E-state index in [1.54, 1.807) is 6.21 Å². The highest BCUT2D eigenvalue weighted by Gasteiger charge is 1.90. The molecule has 1 heterocycles. The third kappa shape index (κ3) is 3.86. The Morgan fingerprint density at radius 3 is 3.07 bits per heavy atom. The first-order chi connectivity index (χ1) is 6.80. The summed E-state index contributed by atoms with van der Waals surface area (Å²) in [6.07, 6.45) is 7.31. The van der Waals surface area contributed by atoms with Gasteiger partial charge in [-0.15, -0.1) is 5.73 Å². The molecule has 72 valence electrons. The second-order valence-electron chi connectivity index (χ2n) is 3.10. The Hall–Kier alpha value is -1.62. The summed E-state index contributed by atoms with van der Waals surface area (Å²) in [5.41, 5.74) is 5.49. The summed E-state index contributed by atoms with van der Waals surface area (Å²) in [5.74, 6) is 2.86. The maximum absolute atomic E-state index is 4.14. The molecule has 0 saturated heterocycles. The van der Waals surface area contributed by atoms with Crippen LogP contribution in [0.1, 0.15) is 13.8 Å². The van der Waals surface area contributed by atoms with Crippen molar-refractivity contribution in [2.75, 3.05) is 13.1 Å². The molecule has 0 atom stereocenters. The standard InChI is InChI=1S/C12H14N2/c1-11-6-3-4-7-13-8-5-9-14-10-12(11)2/h4-7H,8,10H2,1-2H3/b12-11-,13-7?. The first-order valence-electron chi connectivity index (χ1n) is 4.61. The van der Waals surface area contributed by atoms with Crippen LogP contribution in [0.4, 0.5) is 0 Å². The van der Waals surface area contributed by atoms with Gasteiger partial charge in [0.05, 0.1) is 13.1 Å². The Balaban J connectivity index is 2.94. The van der Waals surface area contributed by atoms with Crippen LogP contribution in [-0.4, -0.2) is 25.2 Å². The average Bonchev–Trinajstić information content (AvgIpc) is 2.18. The van der Waals surface area contributed by atoms with E-state index in [-0.39, 0.29) is 0 Å². The van der Waals surface area contributed by atoms with Crippen molar-refractivity contribution in [3.63, 3.8) is 0 Å². The molecular weight excluding hydrogens is 172 g/mol. The number of allylic oxidation sites excluding steroid dienone is 2. The zero-order valence-corrected chi connectivity index (χ0v) is 8.62. The monoisotopic (exact) mass is 186 g/mol. The minimum Gasteiger partial charge on any atom is -0.288 e. The van der Waals surface area contributed by atoms with Gasteiger partial charge in [-0.2, -0.15) is 0 Å². The lowest BCUT2D eigenvalue weighted by molar-refractivity contribution is 1.11. The smallest absolute Gasteiger partial charge is 0.0697 e. The van der Waals surface area contributed by atoms with E-state index in [1.165, 1.54) is 11.1 Å². The Kier molecular flexibility index (Phi) is 4.43. The number of rotatable bonds is 0. The van der Waals surface area contributed by atoms with E-state index in [4.69, 9.17) is 0 Å². The molecular formula is C12H14N2. The fourth-order valence-electron chi connectivity index (χ4n) is 0.900. The highest BCUT2D eigenvalue weighted by atomic mass is 14.7. The lowest BCUT2D eigenvalue weighted by Crippen LogP contribution is -1.86. The average molecular weight is 186 g/mol. The fraction of sp³-hybridized carbons (Fsp3) is 0.333. The van der Waals surface area contributed by atoms with Gasteiger partial charge < -0.3 is 0 Å². The topological polar surface area (TPSA) is 24.7 Å². The van der Waals surface area contributed by atoms with Crippen LogP contribution in [-0.2, 0) is 0 Å². The van der Waals surface area contributed by atoms with E-state index < -0.39 is 0 Å². The van der Waals surface area contributed by atoms with Gasteiger partial charge in [-0.1, -0.05) is 0 Å². The van der Waals surface area contributed by atoms with Crippen LogP contribution in [0, 0.1) is 0 Å². The van der Waals surface area contributed by atoms with Gasteiger partial charge in [0.25, 0.3) is 0 Å². The van der Waals surface area contributed by atoms with Crippen LogP contribution in [0.3, 0.4) is 0 Å². The second-order valence-corrected chi connectivity index (χ2v) is 3.10. The van der Waals surface area contributed by atoms with Gasteiger partial charge in [0.2, 0.25) is 0 Å². The first kappa shape index (κ1) is 10.5. The van der Waals surface area contributed by atoms with Crippen LogP contribution >= 0.6 is 0 Å². The third-order valence-electron chi connectivity index (χ3n) is 1.94. The van der Waals surface area contributed by atoms with Gasteiger partial charge >= 0.3 is 0 Å².